The predicted octanol–water partition coefficient (Wildman–Crippen LogP) is 4.66. The molecule has 2 N–H and O–H groups in total. The van der Waals surface area contributed by atoms with E-state index in [-0.39, 0.29) is 23.9 Å². The smallest absolute Gasteiger partial charge is 0.410 e. The third kappa shape index (κ3) is 5.82. The van der Waals surface area contributed by atoms with Crippen LogP contribution >= 0.6 is 15.9 Å². The third-order valence-corrected chi connectivity index (χ3v) is 5.47. The molecule has 1 saturated heterocycles. The number of benzene rings is 1. The van der Waals surface area contributed by atoms with Gasteiger partial charge in [-0.1, -0.05) is 0 Å². The van der Waals surface area contributed by atoms with Gasteiger partial charge in [0.05, 0.1) is 18.2 Å². The number of carbonyl (C=O) groups is 2. The number of fused-ring (bicyclic) bond motifs is 1. The van der Waals surface area contributed by atoms with Crippen LogP contribution in [0.1, 0.15) is 57.8 Å². The molecule has 2 heterocycles. The highest BCUT2D eigenvalue weighted by molar-refractivity contribution is 9.10. The van der Waals surface area contributed by atoms with E-state index in [1.165, 1.54) is 0 Å². The maximum atomic E-state index is 12.5. The van der Waals surface area contributed by atoms with Gasteiger partial charge in [-0.3, -0.25) is 4.79 Å². The second-order valence-electron chi connectivity index (χ2n) is 9.14. The fourth-order valence-corrected chi connectivity index (χ4v) is 3.96. The molecule has 174 valence electrons. The summed E-state index contributed by atoms with van der Waals surface area (Å²) in [5.41, 5.74) is 5.31. The molecule has 0 aliphatic carbocycles. The molecule has 32 heavy (non-hydrogen) atoms. The zero-order valence-electron chi connectivity index (χ0n) is 19.1. The second kappa shape index (κ2) is 9.52. The number of halogens is 1. The van der Waals surface area contributed by atoms with Crippen molar-refractivity contribution in [2.75, 3.05) is 13.1 Å². The van der Waals surface area contributed by atoms with E-state index in [1.807, 2.05) is 34.6 Å². The van der Waals surface area contributed by atoms with Crippen LogP contribution in [0.3, 0.4) is 0 Å². The molecule has 0 bridgehead atoms. The average Bonchev–Trinajstić information content (AvgIpc) is 2.68. The summed E-state index contributed by atoms with van der Waals surface area (Å²) in [5.74, 6) is 0.210. The Hall–Kier alpha value is -2.55. The Kier molecular flexibility index (Phi) is 7.17. The number of hydrogen-bond acceptors (Lipinski definition) is 6. The molecule has 2 aromatic rings. The number of ether oxygens (including phenoxy) is 3. The number of pyridine rings is 1. The lowest BCUT2D eigenvalue weighted by molar-refractivity contribution is 0.00742. The number of aromatic nitrogens is 1. The topological polar surface area (TPSA) is 104 Å². The first-order chi connectivity index (χ1) is 14.9. The summed E-state index contributed by atoms with van der Waals surface area (Å²) in [4.78, 5) is 30.6. The van der Waals surface area contributed by atoms with Crippen LogP contribution in [0, 0.1) is 0 Å². The zero-order chi connectivity index (χ0) is 23.6. The van der Waals surface area contributed by atoms with Crippen LogP contribution in [0.15, 0.2) is 22.8 Å². The van der Waals surface area contributed by atoms with Gasteiger partial charge in [-0.2, -0.15) is 0 Å². The number of hydrogen-bond donors (Lipinski definition) is 1. The molecule has 1 aromatic heterocycles. The van der Waals surface area contributed by atoms with Gasteiger partial charge in [-0.05, 0) is 75.5 Å². The van der Waals surface area contributed by atoms with Crippen LogP contribution in [0.25, 0.3) is 10.8 Å². The largest absolute Gasteiger partial charge is 0.490 e. The number of piperidine rings is 1. The summed E-state index contributed by atoms with van der Waals surface area (Å²) < 4.78 is 18.3. The first-order valence-electron chi connectivity index (χ1n) is 10.7. The Bertz CT molecular complexity index is 1020. The fourth-order valence-electron chi connectivity index (χ4n) is 3.53. The molecule has 1 aliphatic heterocycles. The Morgan fingerprint density at radius 1 is 1.25 bits per heavy atom. The van der Waals surface area contributed by atoms with Crippen molar-refractivity contribution in [3.63, 3.8) is 0 Å². The lowest BCUT2D eigenvalue weighted by Crippen LogP contribution is -2.46. The molecule has 9 heteroatoms. The van der Waals surface area contributed by atoms with Crippen molar-refractivity contribution in [3.05, 3.63) is 28.4 Å². The van der Waals surface area contributed by atoms with Gasteiger partial charge in [-0.15, -0.1) is 0 Å². The SMILES string of the molecule is CC(C)Oc1cc2c(O[C@@H]3CCCN(C(=O)OC(C)(C)C)C3)ncc(Br)c2cc1C(N)=O. The molecule has 1 fully saturated rings. The first-order valence-corrected chi connectivity index (χ1v) is 11.5. The van der Waals surface area contributed by atoms with Crippen molar-refractivity contribution in [1.82, 2.24) is 9.88 Å². The van der Waals surface area contributed by atoms with Crippen molar-refractivity contribution in [3.8, 4) is 11.6 Å². The molecule has 2 amide bonds. The van der Waals surface area contributed by atoms with E-state index in [4.69, 9.17) is 19.9 Å². The van der Waals surface area contributed by atoms with Crippen molar-refractivity contribution in [2.24, 2.45) is 5.73 Å². The lowest BCUT2D eigenvalue weighted by Gasteiger charge is -2.34. The van der Waals surface area contributed by atoms with Crippen LogP contribution in [-0.2, 0) is 4.74 Å². The van der Waals surface area contributed by atoms with E-state index in [9.17, 15) is 9.59 Å². The normalized spacial score (nSPS) is 16.8. The van der Waals surface area contributed by atoms with Crippen molar-refractivity contribution in [2.45, 2.75) is 65.3 Å². The molecule has 3 rings (SSSR count). The molecule has 8 nitrogen and oxygen atoms in total. The van der Waals surface area contributed by atoms with Crippen molar-refractivity contribution in [1.29, 1.82) is 0 Å². The average molecular weight is 508 g/mol. The second-order valence-corrected chi connectivity index (χ2v) is 10.00. The van der Waals surface area contributed by atoms with E-state index < -0.39 is 11.5 Å². The van der Waals surface area contributed by atoms with Crippen LogP contribution in [0.4, 0.5) is 4.79 Å². The van der Waals surface area contributed by atoms with E-state index >= 15 is 0 Å². The highest BCUT2D eigenvalue weighted by Crippen LogP contribution is 2.36. The molecule has 1 atom stereocenters. The highest BCUT2D eigenvalue weighted by Gasteiger charge is 2.29. The molecular weight excluding hydrogens is 478 g/mol. The molecule has 0 saturated carbocycles. The number of primary amides is 1. The minimum atomic E-state index is -0.575. The van der Waals surface area contributed by atoms with Gasteiger partial charge >= 0.3 is 6.09 Å². The van der Waals surface area contributed by atoms with Crippen LogP contribution in [0.5, 0.6) is 11.6 Å². The Morgan fingerprint density at radius 3 is 2.59 bits per heavy atom. The first kappa shape index (κ1) is 24.1. The van der Waals surface area contributed by atoms with E-state index in [2.05, 4.69) is 20.9 Å². The quantitative estimate of drug-likeness (QED) is 0.630. The molecule has 0 unspecified atom stereocenters. The number of likely N-dealkylation sites (tertiary alicyclic amines) is 1. The van der Waals surface area contributed by atoms with Gasteiger partial charge in [0.2, 0.25) is 5.88 Å². The maximum absolute atomic E-state index is 12.5. The van der Waals surface area contributed by atoms with Crippen LogP contribution in [0.2, 0.25) is 0 Å². The van der Waals surface area contributed by atoms with E-state index in [0.29, 0.717) is 34.6 Å². The van der Waals surface area contributed by atoms with Crippen LogP contribution < -0.4 is 15.2 Å². The minimum Gasteiger partial charge on any atom is -0.490 e. The Morgan fingerprint density at radius 2 is 1.97 bits per heavy atom. The van der Waals surface area contributed by atoms with Gasteiger partial charge in [0, 0.05) is 28.0 Å². The minimum absolute atomic E-state index is 0.143. The molecular formula is C23H30BrN3O5. The number of amides is 2. The third-order valence-electron chi connectivity index (χ3n) is 4.84. The van der Waals surface area contributed by atoms with Gasteiger partial charge in [0.1, 0.15) is 17.5 Å². The monoisotopic (exact) mass is 507 g/mol. The summed E-state index contributed by atoms with van der Waals surface area (Å²) in [6.07, 6.45) is 2.48. The summed E-state index contributed by atoms with van der Waals surface area (Å²) in [5, 5.41) is 1.43. The highest BCUT2D eigenvalue weighted by atomic mass is 79.9. The zero-order valence-corrected chi connectivity index (χ0v) is 20.7. The summed E-state index contributed by atoms with van der Waals surface area (Å²) in [7, 11) is 0. The van der Waals surface area contributed by atoms with Crippen molar-refractivity contribution < 1.29 is 23.8 Å². The molecule has 0 spiro atoms. The number of nitrogens with two attached hydrogens (primary N) is 1. The predicted molar refractivity (Wildman–Crippen MR) is 125 cm³/mol. The number of carbonyl (C=O) groups excluding carboxylic acids is 2. The molecule has 1 aliphatic rings. The summed E-state index contributed by atoms with van der Waals surface area (Å²) in [6, 6.07) is 3.42. The number of rotatable bonds is 5. The molecule has 0 radical (unpaired) electrons. The van der Waals surface area contributed by atoms with Gasteiger partial charge in [0.25, 0.3) is 5.91 Å². The van der Waals surface area contributed by atoms with Gasteiger partial charge in [0.15, 0.2) is 0 Å². The standard InChI is InChI=1S/C23H30BrN3O5/c1-13(2)30-19-10-16-15(9-17(19)20(25)28)18(24)11-26-21(16)31-14-7-6-8-27(12-14)22(29)32-23(3,4)5/h9-11,13-14H,6-8,12H2,1-5H3,(H2,25,28)/t14-/m1/s1. The fraction of sp³-hybridized carbons (Fsp3) is 0.522. The van der Waals surface area contributed by atoms with Crippen LogP contribution in [-0.4, -0.2) is 52.8 Å². The molecule has 1 aromatic carbocycles. The van der Waals surface area contributed by atoms with Crippen molar-refractivity contribution >= 4 is 38.7 Å². The van der Waals surface area contributed by atoms with E-state index in [1.54, 1.807) is 23.2 Å². The summed E-state index contributed by atoms with van der Waals surface area (Å²) in [6.45, 7) is 10.3. The number of nitrogens with zero attached hydrogens (tertiary/aromatic N) is 2. The van der Waals surface area contributed by atoms with Gasteiger partial charge in [-0.25, -0.2) is 9.78 Å². The van der Waals surface area contributed by atoms with Gasteiger partial charge < -0.3 is 24.8 Å². The lowest BCUT2D eigenvalue weighted by atomic mass is 10.1. The van der Waals surface area contributed by atoms with E-state index in [0.717, 1.165) is 18.2 Å². The Balaban J connectivity index is 1.90. The maximum Gasteiger partial charge on any atom is 0.410 e. The summed E-state index contributed by atoms with van der Waals surface area (Å²) >= 11 is 3.49. The Labute approximate surface area is 196 Å².